The van der Waals surface area contributed by atoms with Crippen LogP contribution in [0.25, 0.3) is 0 Å². The van der Waals surface area contributed by atoms with Gasteiger partial charge >= 0.3 is 12.1 Å². The van der Waals surface area contributed by atoms with Crippen molar-refractivity contribution in [3.63, 3.8) is 0 Å². The Bertz CT molecular complexity index is 1370. The third kappa shape index (κ3) is 5.00. The van der Waals surface area contributed by atoms with Crippen molar-refractivity contribution in [2.24, 2.45) is 0 Å². The van der Waals surface area contributed by atoms with Crippen LogP contribution in [0.1, 0.15) is 25.0 Å². The van der Waals surface area contributed by atoms with Crippen LogP contribution in [0.15, 0.2) is 48.5 Å². The van der Waals surface area contributed by atoms with E-state index in [9.17, 15) is 39.4 Å². The van der Waals surface area contributed by atoms with Crippen LogP contribution in [0.4, 0.5) is 16.2 Å². The van der Waals surface area contributed by atoms with E-state index in [1.165, 1.54) is 60.3 Å². The van der Waals surface area contributed by atoms with Crippen LogP contribution >= 0.6 is 11.8 Å². The summed E-state index contributed by atoms with van der Waals surface area (Å²) in [5, 5.41) is 25.8. The van der Waals surface area contributed by atoms with Crippen LogP contribution in [0.5, 0.6) is 0 Å². The van der Waals surface area contributed by atoms with Gasteiger partial charge in [-0.1, -0.05) is 0 Å². The van der Waals surface area contributed by atoms with Crippen LogP contribution in [0, 0.1) is 20.2 Å². The molecular formula is C24H23N5O10S. The Balaban J connectivity index is 1.42. The van der Waals surface area contributed by atoms with E-state index >= 15 is 0 Å². The van der Waals surface area contributed by atoms with Crippen molar-refractivity contribution in [3.05, 3.63) is 79.9 Å². The maximum Gasteiger partial charge on any atom is 0.408 e. The average Bonchev–Trinajstić information content (AvgIpc) is 3.14. The number of carbonyl (C=O) groups is 4. The summed E-state index contributed by atoms with van der Waals surface area (Å²) >= 11 is 1.17. The molecule has 0 bridgehead atoms. The topological polar surface area (TPSA) is 200 Å². The molecule has 40 heavy (non-hydrogen) atoms. The van der Waals surface area contributed by atoms with Crippen molar-refractivity contribution in [1.82, 2.24) is 15.5 Å². The Morgan fingerprint density at radius 3 is 1.95 bits per heavy atom. The van der Waals surface area contributed by atoms with Crippen molar-refractivity contribution >= 4 is 47.5 Å². The predicted molar refractivity (Wildman–Crippen MR) is 137 cm³/mol. The molecule has 2 heterocycles. The summed E-state index contributed by atoms with van der Waals surface area (Å²) in [4.78, 5) is 72.2. The molecule has 210 valence electrons. The first kappa shape index (κ1) is 28.3. The molecule has 2 N–H and O–H groups in total. The number of benzene rings is 2. The lowest BCUT2D eigenvalue weighted by atomic mass is 9.88. The number of esters is 1. The summed E-state index contributed by atoms with van der Waals surface area (Å²) in [5.74, 6) is -1.58. The Hall–Kier alpha value is -4.73. The largest absolute Gasteiger partial charge is 0.458 e. The number of amides is 3. The number of hydrogen-bond acceptors (Lipinski definition) is 11. The first-order valence-corrected chi connectivity index (χ1v) is 12.6. The Morgan fingerprint density at radius 2 is 1.48 bits per heavy atom. The standard InChI is InChI=1S/C24H23N5O10S/c1-23(2)24(25-13-30,21(32)38-11-14-3-7-16(8-4-14)28(34)35)27-19(31)18(20(27)40-23)26-22(33)39-12-15-5-9-17(10-6-15)29(36)37/h3-10,13,18,20H,11-12H2,1-2H3,(H,25,30)(H,26,33)/t18-,20+,24-/m0/s1. The molecule has 0 unspecified atom stereocenters. The second-order valence-electron chi connectivity index (χ2n) is 9.32. The minimum atomic E-state index is -1.90. The smallest absolute Gasteiger partial charge is 0.408 e. The molecule has 15 nitrogen and oxygen atoms in total. The molecule has 16 heteroatoms. The highest BCUT2D eigenvalue weighted by Gasteiger charge is 2.74. The van der Waals surface area contributed by atoms with Crippen molar-refractivity contribution in [1.29, 1.82) is 0 Å². The highest BCUT2D eigenvalue weighted by molar-refractivity contribution is 8.01. The van der Waals surface area contributed by atoms with Crippen LogP contribution in [-0.2, 0) is 37.1 Å². The molecule has 0 spiro atoms. The number of carbonyl (C=O) groups excluding carboxylic acids is 4. The number of β-lactam (4-membered cyclic amide) rings is 1. The molecule has 2 saturated heterocycles. The number of thioether (sulfide) groups is 1. The SMILES string of the molecule is CC1(C)S[C@@H]2[C@@H](NC(=O)OCc3ccc([N+](=O)[O-])cc3)C(=O)N2[C@@]1(NC=O)C(=O)OCc1ccc([N+](=O)[O-])cc1. The number of ether oxygens (including phenoxy) is 2. The molecule has 0 aliphatic carbocycles. The third-order valence-electron chi connectivity index (χ3n) is 6.56. The van der Waals surface area contributed by atoms with E-state index in [1.54, 1.807) is 13.8 Å². The molecule has 0 radical (unpaired) electrons. The number of alkyl carbamates (subject to hydrolysis) is 1. The molecule has 2 aromatic carbocycles. The molecule has 2 aliphatic heterocycles. The number of non-ortho nitro benzene ring substituents is 2. The molecule has 0 saturated carbocycles. The lowest BCUT2D eigenvalue weighted by Crippen LogP contribution is -2.79. The molecule has 4 rings (SSSR count). The number of fused-ring (bicyclic) bond motifs is 1. The van der Waals surface area contributed by atoms with Crippen LogP contribution < -0.4 is 10.6 Å². The average molecular weight is 574 g/mol. The van der Waals surface area contributed by atoms with Gasteiger partial charge in [-0.2, -0.15) is 0 Å². The van der Waals surface area contributed by atoms with Gasteiger partial charge < -0.3 is 20.1 Å². The fourth-order valence-electron chi connectivity index (χ4n) is 4.48. The normalized spacial score (nSPS) is 22.4. The van der Waals surface area contributed by atoms with E-state index in [4.69, 9.17) is 9.47 Å². The zero-order chi connectivity index (χ0) is 29.2. The van der Waals surface area contributed by atoms with Crippen LogP contribution in [0.3, 0.4) is 0 Å². The van der Waals surface area contributed by atoms with Crippen LogP contribution in [0.2, 0.25) is 0 Å². The second kappa shape index (κ2) is 10.8. The number of nitro benzene ring substituents is 2. The van der Waals surface area contributed by atoms with Crippen molar-refractivity contribution in [3.8, 4) is 0 Å². The highest BCUT2D eigenvalue weighted by atomic mass is 32.2. The summed E-state index contributed by atoms with van der Waals surface area (Å²) < 4.78 is 9.48. The van der Waals surface area contributed by atoms with E-state index in [0.717, 1.165) is 4.90 Å². The predicted octanol–water partition coefficient (Wildman–Crippen LogP) is 1.98. The highest BCUT2D eigenvalue weighted by Crippen LogP contribution is 2.56. The fourth-order valence-corrected chi connectivity index (χ4v) is 6.18. The Morgan fingerprint density at radius 1 is 0.975 bits per heavy atom. The van der Waals surface area contributed by atoms with Gasteiger partial charge in [0.05, 0.1) is 14.6 Å². The van der Waals surface area contributed by atoms with Gasteiger partial charge in [0.2, 0.25) is 12.1 Å². The summed E-state index contributed by atoms with van der Waals surface area (Å²) in [6, 6.07) is 9.67. The van der Waals surface area contributed by atoms with Crippen molar-refractivity contribution < 1.29 is 38.5 Å². The van der Waals surface area contributed by atoms with Gasteiger partial charge in [-0.3, -0.25) is 34.7 Å². The summed E-state index contributed by atoms with van der Waals surface area (Å²) in [6.07, 6.45) is -0.638. The molecule has 3 atom stereocenters. The van der Waals surface area contributed by atoms with Crippen molar-refractivity contribution in [2.45, 2.75) is 48.9 Å². The molecule has 3 amide bonds. The van der Waals surface area contributed by atoms with Gasteiger partial charge in [-0.15, -0.1) is 11.8 Å². The summed E-state index contributed by atoms with van der Waals surface area (Å²) in [6.45, 7) is 2.79. The lowest BCUT2D eigenvalue weighted by Gasteiger charge is -2.49. The molecule has 2 aromatic rings. The number of nitrogens with one attached hydrogen (secondary N) is 2. The number of hydrogen-bond donors (Lipinski definition) is 2. The molecule has 2 fully saturated rings. The zero-order valence-corrected chi connectivity index (χ0v) is 21.9. The maximum atomic E-state index is 13.4. The number of nitro groups is 2. The van der Waals surface area contributed by atoms with Gasteiger partial charge in [0.25, 0.3) is 17.3 Å². The van der Waals surface area contributed by atoms with E-state index in [-0.39, 0.29) is 31.0 Å². The summed E-state index contributed by atoms with van der Waals surface area (Å²) in [7, 11) is 0. The first-order chi connectivity index (χ1) is 18.9. The minimum Gasteiger partial charge on any atom is -0.458 e. The monoisotopic (exact) mass is 573 g/mol. The maximum absolute atomic E-state index is 13.4. The quantitative estimate of drug-likeness (QED) is 0.138. The van der Waals surface area contributed by atoms with E-state index < -0.39 is 49.6 Å². The minimum absolute atomic E-state index is 0.118. The number of nitrogens with zero attached hydrogens (tertiary/aromatic N) is 3. The fraction of sp³-hybridized carbons (Fsp3) is 0.333. The second-order valence-corrected chi connectivity index (χ2v) is 11.1. The van der Waals surface area contributed by atoms with Gasteiger partial charge in [-0.05, 0) is 49.2 Å². The molecule has 0 aromatic heterocycles. The Kier molecular flexibility index (Phi) is 7.63. The first-order valence-electron chi connectivity index (χ1n) is 11.7. The zero-order valence-electron chi connectivity index (χ0n) is 21.1. The Labute approximate surface area is 230 Å². The van der Waals surface area contributed by atoms with Gasteiger partial charge in [0.15, 0.2) is 0 Å². The lowest BCUT2D eigenvalue weighted by molar-refractivity contribution is -0.385. The van der Waals surface area contributed by atoms with Gasteiger partial charge in [-0.25, -0.2) is 9.59 Å². The molecule has 2 aliphatic rings. The van der Waals surface area contributed by atoms with Gasteiger partial charge in [0, 0.05) is 24.3 Å². The molecular weight excluding hydrogens is 550 g/mol. The third-order valence-corrected chi connectivity index (χ3v) is 8.17. The van der Waals surface area contributed by atoms with Gasteiger partial charge in [0.1, 0.15) is 24.6 Å². The van der Waals surface area contributed by atoms with Crippen LogP contribution in [-0.4, -0.2) is 61.0 Å². The van der Waals surface area contributed by atoms with E-state index in [1.807, 2.05) is 0 Å². The van der Waals surface area contributed by atoms with Crippen molar-refractivity contribution in [2.75, 3.05) is 0 Å². The summed E-state index contributed by atoms with van der Waals surface area (Å²) in [5.41, 5.74) is -1.22. The van der Waals surface area contributed by atoms with E-state index in [0.29, 0.717) is 11.1 Å². The van der Waals surface area contributed by atoms with E-state index in [2.05, 4.69) is 10.6 Å². The number of rotatable bonds is 10.